The Morgan fingerprint density at radius 3 is 1.75 bits per heavy atom. The van der Waals surface area contributed by atoms with Crippen LogP contribution >= 0.6 is 0 Å². The third-order valence-electron chi connectivity index (χ3n) is 0. The van der Waals surface area contributed by atoms with Gasteiger partial charge in [0.15, 0.2) is 0 Å². The van der Waals surface area contributed by atoms with Crippen LogP contribution in [0.1, 0.15) is 0 Å². The van der Waals surface area contributed by atoms with Gasteiger partial charge >= 0.3 is 33.5 Å². The molecular formula is AlOPtRe. The van der Waals surface area contributed by atoms with Crippen molar-refractivity contribution in [2.75, 3.05) is 0 Å². The summed E-state index contributed by atoms with van der Waals surface area (Å²) in [6.07, 6.45) is 0. The van der Waals surface area contributed by atoms with Crippen LogP contribution in [0.25, 0.3) is 0 Å². The van der Waals surface area contributed by atoms with E-state index in [1.165, 1.54) is 17.1 Å². The van der Waals surface area contributed by atoms with Gasteiger partial charge in [-0.1, -0.05) is 0 Å². The summed E-state index contributed by atoms with van der Waals surface area (Å²) in [7, 11) is 0. The second kappa shape index (κ2) is 8.82. The van der Waals surface area contributed by atoms with E-state index in [1.54, 1.807) is 0 Å². The van der Waals surface area contributed by atoms with E-state index in [2.05, 4.69) is 0 Å². The average Bonchev–Trinajstić information content (AvgIpc) is 0.918. The third kappa shape index (κ3) is 9.36. The molecule has 0 amide bonds. The molecule has 0 N–H and O–H groups in total. The fourth-order valence-corrected chi connectivity index (χ4v) is 0. The van der Waals surface area contributed by atoms with E-state index in [0.717, 1.165) is 0 Å². The smallest absolute Gasteiger partial charge is 0 e. The van der Waals surface area contributed by atoms with E-state index >= 15 is 0 Å². The quantitative estimate of drug-likeness (QED) is 0.480. The first-order valence-corrected chi connectivity index (χ1v) is 6.07. The van der Waals surface area contributed by atoms with Crippen molar-refractivity contribution < 1.29 is 42.0 Å². The minimum Gasteiger partial charge on any atom is 0 e. The van der Waals surface area contributed by atoms with Crippen LogP contribution < -0.4 is 0 Å². The molecule has 0 fully saturated rings. The number of rotatable bonds is 0. The minimum absolute atomic E-state index is 0. The molecule has 0 saturated heterocycles. The Labute approximate surface area is 54.2 Å². The van der Waals surface area contributed by atoms with Gasteiger partial charge in [-0.3, -0.25) is 0 Å². The van der Waals surface area contributed by atoms with Crippen molar-refractivity contribution in [3.05, 3.63) is 0 Å². The Bertz CT molecular complexity index is 15.5. The van der Waals surface area contributed by atoms with Crippen LogP contribution in [0, 0.1) is 0 Å². The Hall–Kier alpha value is 1.68. The molecule has 26 valence electrons. The molecule has 0 heterocycles. The first kappa shape index (κ1) is 9.19. The average molecular weight is 424 g/mol. The minimum atomic E-state index is -0.444. The molecule has 0 atom stereocenters. The molecule has 4 heteroatoms. The number of hydrogen-bond acceptors (Lipinski definition) is 1. The van der Waals surface area contributed by atoms with Gasteiger partial charge in [-0.25, -0.2) is 0 Å². The summed E-state index contributed by atoms with van der Waals surface area (Å²) in [4.78, 5) is 0. The zero-order valence-corrected chi connectivity index (χ0v) is 7.82. The van der Waals surface area contributed by atoms with E-state index in [9.17, 15) is 0 Å². The molecule has 0 aliphatic rings. The van der Waals surface area contributed by atoms with Crippen LogP contribution in [0.5, 0.6) is 0 Å². The van der Waals surface area contributed by atoms with Crippen LogP contribution in [0.2, 0.25) is 0 Å². The van der Waals surface area contributed by atoms with E-state index in [0.29, 0.717) is 0 Å². The van der Waals surface area contributed by atoms with Crippen molar-refractivity contribution in [1.82, 2.24) is 0 Å². The van der Waals surface area contributed by atoms with Gasteiger partial charge in [-0.2, -0.15) is 0 Å². The maximum Gasteiger partial charge on any atom is 0 e. The van der Waals surface area contributed by atoms with E-state index < -0.39 is 12.6 Å². The first-order valence-electron chi connectivity index (χ1n) is 0.454. The largest absolute Gasteiger partial charge is 0 e. The first-order chi connectivity index (χ1) is 1.41. The van der Waals surface area contributed by atoms with Gasteiger partial charge < -0.3 is 0 Å². The summed E-state index contributed by atoms with van der Waals surface area (Å²) in [5.41, 5.74) is 0. The molecule has 0 spiro atoms. The SMILES string of the molecule is [O]=[Al][Re].[Pt]. The van der Waals surface area contributed by atoms with Gasteiger partial charge in [0.2, 0.25) is 0 Å². The van der Waals surface area contributed by atoms with Crippen LogP contribution in [-0.2, 0) is 42.0 Å². The molecule has 0 radical (unpaired) electrons. The summed E-state index contributed by atoms with van der Waals surface area (Å²) >= 11 is 0.906. The van der Waals surface area contributed by atoms with Gasteiger partial charge in [-0.15, -0.1) is 0 Å². The van der Waals surface area contributed by atoms with Gasteiger partial charge in [0.1, 0.15) is 0 Å². The molecule has 0 aromatic carbocycles. The van der Waals surface area contributed by atoms with Crippen LogP contribution in [0.3, 0.4) is 0 Å². The normalized spacial score (nSPS) is 2.25. The van der Waals surface area contributed by atoms with E-state index in [-0.39, 0.29) is 21.1 Å². The van der Waals surface area contributed by atoms with Crippen LogP contribution in [0.15, 0.2) is 0 Å². The fourth-order valence-electron chi connectivity index (χ4n) is 0. The van der Waals surface area contributed by atoms with Gasteiger partial charge in [0, 0.05) is 21.1 Å². The fraction of sp³-hybridized carbons (Fsp3) is 0. The van der Waals surface area contributed by atoms with E-state index in [1.807, 2.05) is 0 Å². The van der Waals surface area contributed by atoms with Crippen LogP contribution in [0.4, 0.5) is 0 Å². The predicted octanol–water partition coefficient (Wildman–Crippen LogP) is -0.505. The zero-order chi connectivity index (χ0) is 2.71. The molecule has 0 unspecified atom stereocenters. The molecule has 0 aromatic heterocycles. The summed E-state index contributed by atoms with van der Waals surface area (Å²) in [5.74, 6) is 0. The predicted molar refractivity (Wildman–Crippen MR) is 6.44 cm³/mol. The maximum absolute atomic E-state index is 9.04. The molecule has 1 nitrogen and oxygen atoms in total. The third-order valence-corrected chi connectivity index (χ3v) is 0. The Kier molecular flexibility index (Phi) is 20.3. The second-order valence-corrected chi connectivity index (χ2v) is 2.19. The molecule has 4 heavy (non-hydrogen) atoms. The number of hydrogen-bond donors (Lipinski definition) is 0. The van der Waals surface area contributed by atoms with Gasteiger partial charge in [0.05, 0.1) is 0 Å². The Morgan fingerprint density at radius 2 is 1.75 bits per heavy atom. The topological polar surface area (TPSA) is 17.1 Å². The van der Waals surface area contributed by atoms with Crippen molar-refractivity contribution in [2.24, 2.45) is 0 Å². The standard InChI is InChI=1S/Al.O.Pt.Re. The summed E-state index contributed by atoms with van der Waals surface area (Å²) in [6, 6.07) is 0. The summed E-state index contributed by atoms with van der Waals surface area (Å²) in [5, 5.41) is 0. The summed E-state index contributed by atoms with van der Waals surface area (Å²) < 4.78 is 9.04. The molecule has 0 bridgehead atoms. The summed E-state index contributed by atoms with van der Waals surface area (Å²) in [6.45, 7) is 0. The second-order valence-electron chi connectivity index (χ2n) is 0.0891. The van der Waals surface area contributed by atoms with Crippen LogP contribution in [-0.4, -0.2) is 12.6 Å². The van der Waals surface area contributed by atoms with Gasteiger partial charge in [-0.05, 0) is 0 Å². The van der Waals surface area contributed by atoms with Crippen molar-refractivity contribution in [3.63, 3.8) is 0 Å². The van der Waals surface area contributed by atoms with Crippen molar-refractivity contribution in [1.29, 1.82) is 0 Å². The monoisotopic (exact) mass is 425 g/mol. The van der Waals surface area contributed by atoms with Crippen molar-refractivity contribution in [2.45, 2.75) is 0 Å². The molecule has 0 aliphatic carbocycles. The molecular weight excluding hydrogens is 424 g/mol. The molecule has 0 saturated carbocycles. The molecule has 0 aliphatic heterocycles. The Morgan fingerprint density at radius 1 is 1.75 bits per heavy atom. The van der Waals surface area contributed by atoms with Crippen molar-refractivity contribution in [3.8, 4) is 0 Å². The maximum atomic E-state index is 9.04. The molecule has 0 aromatic rings. The molecule has 0 rings (SSSR count). The van der Waals surface area contributed by atoms with Crippen molar-refractivity contribution >= 4 is 12.6 Å². The van der Waals surface area contributed by atoms with E-state index in [4.69, 9.17) is 3.80 Å². The zero-order valence-electron chi connectivity index (χ0n) is 1.68. The Balaban J connectivity index is 0. The van der Waals surface area contributed by atoms with Gasteiger partial charge in [0.25, 0.3) is 0 Å².